The van der Waals surface area contributed by atoms with E-state index >= 15 is 0 Å². The Kier molecular flexibility index (Phi) is 5.20. The summed E-state index contributed by atoms with van der Waals surface area (Å²) < 4.78 is 0. The van der Waals surface area contributed by atoms with E-state index in [9.17, 15) is 10.2 Å². The molecular formula is C32H47NO4. The highest BCUT2D eigenvalue weighted by atomic mass is 17.2. The maximum Gasteiger partial charge on any atom is 0.107 e. The molecule has 0 radical (unpaired) electrons. The second-order valence-corrected chi connectivity index (χ2v) is 15.4. The van der Waals surface area contributed by atoms with Gasteiger partial charge in [-0.2, -0.15) is 0 Å². The molecule has 37 heavy (non-hydrogen) atoms. The van der Waals surface area contributed by atoms with E-state index in [0.717, 1.165) is 57.8 Å². The fraction of sp³-hybridized carbons (Fsp3) is 0.812. The van der Waals surface area contributed by atoms with Crippen molar-refractivity contribution in [2.45, 2.75) is 108 Å². The summed E-state index contributed by atoms with van der Waals surface area (Å²) in [5, 5.41) is 24.1. The smallest absolute Gasteiger partial charge is 0.107 e. The minimum atomic E-state index is -0.752. The molecule has 1 aromatic carbocycles. The van der Waals surface area contributed by atoms with Crippen LogP contribution < -0.4 is 4.90 Å². The Morgan fingerprint density at radius 3 is 2.57 bits per heavy atom. The summed E-state index contributed by atoms with van der Waals surface area (Å²) >= 11 is 0. The van der Waals surface area contributed by atoms with Crippen molar-refractivity contribution < 1.29 is 20.0 Å². The van der Waals surface area contributed by atoms with Crippen molar-refractivity contribution in [3.05, 3.63) is 29.3 Å². The van der Waals surface area contributed by atoms with Crippen LogP contribution in [0.4, 0.5) is 5.69 Å². The fourth-order valence-electron chi connectivity index (χ4n) is 11.1. The molecule has 4 saturated carbocycles. The van der Waals surface area contributed by atoms with Gasteiger partial charge in [-0.25, -0.2) is 9.78 Å². The molecule has 1 aliphatic heterocycles. The lowest BCUT2D eigenvalue weighted by molar-refractivity contribution is -0.425. The van der Waals surface area contributed by atoms with Gasteiger partial charge in [0, 0.05) is 31.6 Å². The summed E-state index contributed by atoms with van der Waals surface area (Å²) in [6.07, 6.45) is 9.39. The van der Waals surface area contributed by atoms with Gasteiger partial charge in [0.2, 0.25) is 0 Å². The largest absolute Gasteiger partial charge is 0.393 e. The second-order valence-electron chi connectivity index (χ2n) is 15.4. The first-order valence-corrected chi connectivity index (χ1v) is 14.9. The molecule has 5 aliphatic carbocycles. The van der Waals surface area contributed by atoms with Gasteiger partial charge in [0.05, 0.1) is 18.3 Å². The van der Waals surface area contributed by atoms with Crippen molar-refractivity contribution in [2.75, 3.05) is 25.6 Å². The van der Waals surface area contributed by atoms with Crippen molar-refractivity contribution >= 4 is 5.69 Å². The number of aliphatic hydroxyl groups excluding tert-OH is 1. The molecule has 9 atom stereocenters. The summed E-state index contributed by atoms with van der Waals surface area (Å²) in [4.78, 5) is 14.1. The van der Waals surface area contributed by atoms with E-state index in [0.29, 0.717) is 36.7 Å². The molecule has 1 unspecified atom stereocenters. The van der Waals surface area contributed by atoms with Crippen molar-refractivity contribution in [1.82, 2.24) is 0 Å². The van der Waals surface area contributed by atoms with Crippen molar-refractivity contribution in [3.8, 4) is 0 Å². The first-order valence-electron chi connectivity index (χ1n) is 14.9. The minimum Gasteiger partial charge on any atom is -0.393 e. The van der Waals surface area contributed by atoms with Crippen LogP contribution in [0.3, 0.4) is 0 Å². The van der Waals surface area contributed by atoms with Crippen LogP contribution in [-0.4, -0.2) is 48.2 Å². The first kappa shape index (κ1) is 24.9. The van der Waals surface area contributed by atoms with Gasteiger partial charge in [-0.3, -0.25) is 0 Å². The summed E-state index contributed by atoms with van der Waals surface area (Å²) in [7, 11) is 4.23. The Labute approximate surface area is 222 Å². The van der Waals surface area contributed by atoms with Crippen molar-refractivity contribution in [1.29, 1.82) is 0 Å². The number of rotatable bonds is 1. The number of benzene rings is 1. The highest BCUT2D eigenvalue weighted by Crippen LogP contribution is 2.74. The van der Waals surface area contributed by atoms with Crippen LogP contribution in [0.2, 0.25) is 0 Å². The third-order valence-electron chi connectivity index (χ3n) is 12.6. The highest BCUT2D eigenvalue weighted by Gasteiger charge is 2.72. The molecule has 5 heteroatoms. The molecule has 1 saturated heterocycles. The number of hydrogen-bond acceptors (Lipinski definition) is 5. The van der Waals surface area contributed by atoms with E-state index in [4.69, 9.17) is 9.78 Å². The molecule has 204 valence electrons. The van der Waals surface area contributed by atoms with E-state index < -0.39 is 5.60 Å². The molecule has 1 heterocycles. The van der Waals surface area contributed by atoms with Crippen molar-refractivity contribution in [2.24, 2.45) is 34.0 Å². The molecule has 2 spiro atoms. The van der Waals surface area contributed by atoms with Gasteiger partial charge >= 0.3 is 0 Å². The summed E-state index contributed by atoms with van der Waals surface area (Å²) in [5.74, 6) is 2.02. The zero-order valence-corrected chi connectivity index (χ0v) is 23.6. The molecule has 0 aromatic heterocycles. The van der Waals surface area contributed by atoms with Crippen LogP contribution in [0.15, 0.2) is 18.2 Å². The number of anilines is 1. The molecular weight excluding hydrogens is 462 g/mol. The maximum atomic E-state index is 12.9. The van der Waals surface area contributed by atoms with Gasteiger partial charge in [-0.15, -0.1) is 0 Å². The number of fused-ring (bicyclic) bond motifs is 4. The summed E-state index contributed by atoms with van der Waals surface area (Å²) in [6, 6.07) is 7.08. The summed E-state index contributed by atoms with van der Waals surface area (Å²) in [5.41, 5.74) is 2.93. The number of hydrogen-bond donors (Lipinski definition) is 2. The molecule has 7 rings (SSSR count). The Morgan fingerprint density at radius 1 is 1.00 bits per heavy atom. The monoisotopic (exact) mass is 509 g/mol. The Hall–Kier alpha value is -1.14. The second kappa shape index (κ2) is 7.74. The van der Waals surface area contributed by atoms with Crippen molar-refractivity contribution in [3.63, 3.8) is 0 Å². The lowest BCUT2D eigenvalue weighted by Gasteiger charge is -2.70. The third kappa shape index (κ3) is 3.30. The fourth-order valence-corrected chi connectivity index (χ4v) is 11.1. The molecule has 5 fully saturated rings. The van der Waals surface area contributed by atoms with Gasteiger partial charge in [-0.1, -0.05) is 26.8 Å². The molecule has 1 aromatic rings. The van der Waals surface area contributed by atoms with Crippen LogP contribution in [0, 0.1) is 34.0 Å². The van der Waals surface area contributed by atoms with Crippen LogP contribution in [0.25, 0.3) is 0 Å². The van der Waals surface area contributed by atoms with Gasteiger partial charge in [0.25, 0.3) is 0 Å². The average Bonchev–Trinajstić information content (AvgIpc) is 3.12. The Morgan fingerprint density at radius 2 is 1.81 bits per heavy atom. The van der Waals surface area contributed by atoms with Gasteiger partial charge in [-0.05, 0) is 116 Å². The van der Waals surface area contributed by atoms with Crippen LogP contribution in [0.1, 0.15) is 95.6 Å². The van der Waals surface area contributed by atoms with Gasteiger partial charge in [0.15, 0.2) is 0 Å². The topological polar surface area (TPSA) is 62.2 Å². The third-order valence-corrected chi connectivity index (χ3v) is 12.6. The van der Waals surface area contributed by atoms with E-state index in [1.807, 2.05) is 0 Å². The molecule has 2 N–H and O–H groups in total. The van der Waals surface area contributed by atoms with Crippen LogP contribution in [-0.2, 0) is 16.2 Å². The normalized spacial score (nSPS) is 49.5. The summed E-state index contributed by atoms with van der Waals surface area (Å²) in [6.45, 7) is 7.54. The van der Waals surface area contributed by atoms with Crippen LogP contribution >= 0.6 is 0 Å². The molecule has 0 bridgehead atoms. The Balaban J connectivity index is 1.36. The number of nitrogens with zero attached hydrogens (tertiary/aromatic N) is 1. The Bertz CT molecular complexity index is 1100. The maximum absolute atomic E-state index is 12.9. The standard InChI is InChI=1S/C32H47NO4/c1-28(2)17-30(37-36-19-28)12-13-31-15-20-14-21(33(4)5)6-7-22(20)24-16-29(3)25(8-9-26(29)34)23(27(24)31)10-11-32(31,35)18-30/h6-7,14,23-27,34-35H,8-13,15-19H2,1-5H3/t23-,24+,25-,26-,27+,29-,30?,31-,32+/m0/s1. The van der Waals surface area contributed by atoms with Gasteiger partial charge in [0.1, 0.15) is 5.60 Å². The SMILES string of the molecule is CN(C)c1ccc2c(c1)C[C@]13CCC4(CC(C)(C)COO4)C[C@]1(O)CC[C@@H]1[C@@H]3[C@@H]2C[C@]2(C)[C@@H](O)CC[C@@H]12. The van der Waals surface area contributed by atoms with E-state index in [1.54, 1.807) is 0 Å². The zero-order valence-electron chi connectivity index (χ0n) is 23.6. The number of aliphatic hydroxyl groups is 2. The van der Waals surface area contributed by atoms with E-state index in [2.05, 4.69) is 58.0 Å². The quantitative estimate of drug-likeness (QED) is 0.481. The lowest BCUT2D eigenvalue weighted by Crippen LogP contribution is -2.70. The molecule has 0 amide bonds. The van der Waals surface area contributed by atoms with E-state index in [-0.39, 0.29) is 27.9 Å². The molecule has 5 nitrogen and oxygen atoms in total. The van der Waals surface area contributed by atoms with E-state index in [1.165, 1.54) is 16.8 Å². The first-order chi connectivity index (χ1) is 17.4. The predicted octanol–water partition coefficient (Wildman–Crippen LogP) is 5.62. The minimum absolute atomic E-state index is 0.0163. The highest BCUT2D eigenvalue weighted by molar-refractivity contribution is 5.53. The average molecular weight is 510 g/mol. The predicted molar refractivity (Wildman–Crippen MR) is 144 cm³/mol. The van der Waals surface area contributed by atoms with Gasteiger partial charge < -0.3 is 15.1 Å². The van der Waals surface area contributed by atoms with Crippen LogP contribution in [0.5, 0.6) is 0 Å². The molecule has 6 aliphatic rings. The zero-order chi connectivity index (χ0) is 26.0. The lowest BCUT2D eigenvalue weighted by atomic mass is 9.36.